The fourth-order valence-electron chi connectivity index (χ4n) is 1.98. The summed E-state index contributed by atoms with van der Waals surface area (Å²) in [5.41, 5.74) is -0.303. The molecule has 1 aliphatic rings. The third-order valence-electron chi connectivity index (χ3n) is 3.22. The monoisotopic (exact) mass is 301 g/mol. The molecule has 0 unspecified atom stereocenters. The molecule has 1 saturated carbocycles. The number of amides is 1. The van der Waals surface area contributed by atoms with Gasteiger partial charge < -0.3 is 10.0 Å². The van der Waals surface area contributed by atoms with Gasteiger partial charge in [-0.3, -0.25) is 9.59 Å². The van der Waals surface area contributed by atoms with Crippen molar-refractivity contribution >= 4 is 11.9 Å². The Morgan fingerprint density at radius 2 is 1.76 bits per heavy atom. The van der Waals surface area contributed by atoms with Gasteiger partial charge in [0.05, 0.1) is 5.56 Å². The average Bonchev–Trinajstić information content (AvgIpc) is 3.20. The Bertz CT molecular complexity index is 535. The smallest absolute Gasteiger partial charge is 0.416 e. The predicted octanol–water partition coefficient (Wildman–Crippen LogP) is 2.53. The summed E-state index contributed by atoms with van der Waals surface area (Å²) in [6.07, 6.45) is -2.94. The van der Waals surface area contributed by atoms with E-state index in [2.05, 4.69) is 0 Å². The van der Waals surface area contributed by atoms with Crippen molar-refractivity contribution in [1.29, 1.82) is 0 Å². The molecule has 1 aromatic rings. The van der Waals surface area contributed by atoms with Crippen LogP contribution >= 0.6 is 0 Å². The highest BCUT2D eigenvalue weighted by atomic mass is 19.4. The number of rotatable bonds is 5. The zero-order chi connectivity index (χ0) is 15.6. The van der Waals surface area contributed by atoms with Crippen molar-refractivity contribution in [2.45, 2.75) is 25.6 Å². The second-order valence-electron chi connectivity index (χ2n) is 5.06. The van der Waals surface area contributed by atoms with Gasteiger partial charge in [-0.15, -0.1) is 0 Å². The van der Waals surface area contributed by atoms with Crippen LogP contribution in [0.1, 0.15) is 24.0 Å². The molecule has 2 rings (SSSR count). The first kappa shape index (κ1) is 15.3. The van der Waals surface area contributed by atoms with Gasteiger partial charge in [-0.1, -0.05) is 12.1 Å². The Morgan fingerprint density at radius 3 is 2.19 bits per heavy atom. The zero-order valence-electron chi connectivity index (χ0n) is 11.1. The number of alkyl halides is 3. The van der Waals surface area contributed by atoms with Gasteiger partial charge in [0, 0.05) is 12.5 Å². The molecule has 21 heavy (non-hydrogen) atoms. The highest BCUT2D eigenvalue weighted by Gasteiger charge is 2.34. The van der Waals surface area contributed by atoms with Gasteiger partial charge in [0.25, 0.3) is 0 Å². The molecule has 1 fully saturated rings. The zero-order valence-corrected chi connectivity index (χ0v) is 11.1. The van der Waals surface area contributed by atoms with Crippen LogP contribution in [0.3, 0.4) is 0 Å². The molecule has 0 atom stereocenters. The van der Waals surface area contributed by atoms with Crippen molar-refractivity contribution in [3.05, 3.63) is 35.4 Å². The van der Waals surface area contributed by atoms with E-state index in [4.69, 9.17) is 5.11 Å². The minimum Gasteiger partial charge on any atom is -0.480 e. The van der Waals surface area contributed by atoms with Gasteiger partial charge in [-0.25, -0.2) is 0 Å². The minimum absolute atomic E-state index is 0.000228. The molecule has 0 spiro atoms. The molecule has 0 radical (unpaired) electrons. The third-order valence-corrected chi connectivity index (χ3v) is 3.22. The first-order valence-electron chi connectivity index (χ1n) is 6.44. The number of aliphatic carboxylic acids is 1. The number of carbonyl (C=O) groups is 2. The van der Waals surface area contributed by atoms with Gasteiger partial charge in [0.15, 0.2) is 0 Å². The lowest BCUT2D eigenvalue weighted by Gasteiger charge is -2.21. The van der Waals surface area contributed by atoms with Crippen LogP contribution < -0.4 is 0 Å². The van der Waals surface area contributed by atoms with Gasteiger partial charge >= 0.3 is 12.1 Å². The molecule has 7 heteroatoms. The van der Waals surface area contributed by atoms with E-state index in [0.717, 1.165) is 25.0 Å². The number of halogens is 3. The highest BCUT2D eigenvalue weighted by Crippen LogP contribution is 2.32. The largest absolute Gasteiger partial charge is 0.480 e. The fourth-order valence-corrected chi connectivity index (χ4v) is 1.98. The van der Waals surface area contributed by atoms with E-state index in [9.17, 15) is 22.8 Å². The lowest BCUT2D eigenvalue weighted by atomic mass is 10.1. The Labute approximate surface area is 119 Å². The summed E-state index contributed by atoms with van der Waals surface area (Å²) in [5, 5.41) is 8.82. The van der Waals surface area contributed by atoms with Crippen LogP contribution in [0, 0.1) is 5.92 Å². The second-order valence-corrected chi connectivity index (χ2v) is 5.06. The Kier molecular flexibility index (Phi) is 4.20. The molecule has 0 aliphatic heterocycles. The van der Waals surface area contributed by atoms with Crippen LogP contribution in [-0.4, -0.2) is 28.4 Å². The first-order valence-corrected chi connectivity index (χ1v) is 6.44. The van der Waals surface area contributed by atoms with E-state index in [1.165, 1.54) is 17.0 Å². The maximum atomic E-state index is 12.5. The highest BCUT2D eigenvalue weighted by molar-refractivity contribution is 5.84. The van der Waals surface area contributed by atoms with Gasteiger partial charge in [0.2, 0.25) is 5.91 Å². The van der Waals surface area contributed by atoms with Crippen LogP contribution in [0.5, 0.6) is 0 Å². The lowest BCUT2D eigenvalue weighted by molar-refractivity contribution is -0.145. The molecule has 1 aliphatic carbocycles. The van der Waals surface area contributed by atoms with Crippen molar-refractivity contribution < 1.29 is 27.9 Å². The normalized spacial score (nSPS) is 14.8. The summed E-state index contributed by atoms with van der Waals surface area (Å²) < 4.78 is 37.4. The minimum atomic E-state index is -4.41. The SMILES string of the molecule is O=C(O)CN(Cc1ccc(C(F)(F)F)cc1)C(=O)C1CC1. The number of carbonyl (C=O) groups excluding carboxylic acids is 1. The number of benzene rings is 1. The number of hydrogen-bond donors (Lipinski definition) is 1. The van der Waals surface area contributed by atoms with E-state index >= 15 is 0 Å². The Balaban J connectivity index is 2.08. The van der Waals surface area contributed by atoms with Gasteiger partial charge in [-0.05, 0) is 30.5 Å². The van der Waals surface area contributed by atoms with Gasteiger partial charge in [0.1, 0.15) is 6.54 Å². The molecule has 1 N–H and O–H groups in total. The second kappa shape index (κ2) is 5.75. The number of carboxylic acid groups (broad SMARTS) is 1. The van der Waals surface area contributed by atoms with E-state index in [-0.39, 0.29) is 18.4 Å². The van der Waals surface area contributed by atoms with E-state index < -0.39 is 24.3 Å². The van der Waals surface area contributed by atoms with Gasteiger partial charge in [-0.2, -0.15) is 13.2 Å². The molecular formula is C14H14F3NO3. The molecule has 4 nitrogen and oxygen atoms in total. The quantitative estimate of drug-likeness (QED) is 0.909. The van der Waals surface area contributed by atoms with Crippen molar-refractivity contribution in [2.24, 2.45) is 5.92 Å². The maximum absolute atomic E-state index is 12.5. The van der Waals surface area contributed by atoms with Crippen LogP contribution in [0.2, 0.25) is 0 Å². The lowest BCUT2D eigenvalue weighted by Crippen LogP contribution is -2.36. The van der Waals surface area contributed by atoms with E-state index in [1.807, 2.05) is 0 Å². The maximum Gasteiger partial charge on any atom is 0.416 e. The number of nitrogens with zero attached hydrogens (tertiary/aromatic N) is 1. The van der Waals surface area contributed by atoms with Crippen molar-refractivity contribution in [2.75, 3.05) is 6.54 Å². The summed E-state index contributed by atoms with van der Waals surface area (Å²) in [6.45, 7) is -0.448. The number of carboxylic acids is 1. The summed E-state index contributed by atoms with van der Waals surface area (Å²) in [4.78, 5) is 23.9. The van der Waals surface area contributed by atoms with Crippen LogP contribution in [-0.2, 0) is 22.3 Å². The molecular weight excluding hydrogens is 287 g/mol. The summed E-state index contributed by atoms with van der Waals surface area (Å²) >= 11 is 0. The molecule has 0 bridgehead atoms. The Morgan fingerprint density at radius 1 is 1.19 bits per heavy atom. The first-order chi connectivity index (χ1) is 9.77. The van der Waals surface area contributed by atoms with E-state index in [1.54, 1.807) is 0 Å². The predicted molar refractivity (Wildman–Crippen MR) is 67.2 cm³/mol. The summed E-state index contributed by atoms with van der Waals surface area (Å²) in [5.74, 6) is -1.54. The molecule has 1 aromatic carbocycles. The molecule has 0 heterocycles. The third kappa shape index (κ3) is 4.21. The number of hydrogen-bond acceptors (Lipinski definition) is 2. The molecule has 114 valence electrons. The van der Waals surface area contributed by atoms with Crippen LogP contribution in [0.15, 0.2) is 24.3 Å². The van der Waals surface area contributed by atoms with Crippen LogP contribution in [0.4, 0.5) is 13.2 Å². The van der Waals surface area contributed by atoms with Crippen molar-refractivity contribution in [3.63, 3.8) is 0 Å². The Hall–Kier alpha value is -2.05. The summed E-state index contributed by atoms with van der Waals surface area (Å²) in [6, 6.07) is 4.38. The average molecular weight is 301 g/mol. The fraction of sp³-hybridized carbons (Fsp3) is 0.429. The molecule has 0 aromatic heterocycles. The van der Waals surface area contributed by atoms with Crippen molar-refractivity contribution in [1.82, 2.24) is 4.90 Å². The van der Waals surface area contributed by atoms with Crippen LogP contribution in [0.25, 0.3) is 0 Å². The standard InChI is InChI=1S/C14H14F3NO3/c15-14(16,17)11-5-1-9(2-6-11)7-18(8-12(19)20)13(21)10-3-4-10/h1-2,5-6,10H,3-4,7-8H2,(H,19,20). The topological polar surface area (TPSA) is 57.6 Å². The summed E-state index contributed by atoms with van der Waals surface area (Å²) in [7, 11) is 0. The molecule has 1 amide bonds. The molecule has 0 saturated heterocycles. The van der Waals surface area contributed by atoms with E-state index in [0.29, 0.717) is 5.56 Å². The van der Waals surface area contributed by atoms with Crippen molar-refractivity contribution in [3.8, 4) is 0 Å².